The normalized spacial score (nSPS) is 26.6. The number of rotatable bonds is 6. The number of thioether (sulfide) groups is 1. The van der Waals surface area contributed by atoms with E-state index in [1.165, 1.54) is 13.2 Å². The number of ketones is 1. The summed E-state index contributed by atoms with van der Waals surface area (Å²) < 4.78 is 31.0. The Morgan fingerprint density at radius 2 is 2.28 bits per heavy atom. The number of fused-ring (bicyclic) bond motifs is 1. The maximum atomic E-state index is 14.3. The van der Waals surface area contributed by atoms with Crippen molar-refractivity contribution in [3.8, 4) is 5.75 Å². The van der Waals surface area contributed by atoms with Crippen LogP contribution in [0.25, 0.3) is 0 Å². The van der Waals surface area contributed by atoms with Gasteiger partial charge >= 0.3 is 0 Å². The van der Waals surface area contributed by atoms with Crippen molar-refractivity contribution in [2.75, 3.05) is 19.7 Å². The van der Waals surface area contributed by atoms with Crippen LogP contribution in [0.2, 0.25) is 0 Å². The van der Waals surface area contributed by atoms with Crippen molar-refractivity contribution in [2.24, 2.45) is 5.92 Å². The van der Waals surface area contributed by atoms with E-state index in [2.05, 4.69) is 0 Å². The third-order valence-corrected chi connectivity index (χ3v) is 6.11. The molecule has 1 aromatic rings. The summed E-state index contributed by atoms with van der Waals surface area (Å²) in [4.78, 5) is 12.3. The van der Waals surface area contributed by atoms with E-state index < -0.39 is 5.60 Å². The Hall–Kier alpha value is -1.53. The molecule has 0 amide bonds. The van der Waals surface area contributed by atoms with Crippen LogP contribution in [0.4, 0.5) is 4.39 Å². The molecule has 25 heavy (non-hydrogen) atoms. The van der Waals surface area contributed by atoms with E-state index in [0.29, 0.717) is 29.9 Å². The first-order valence-electron chi connectivity index (χ1n) is 8.47. The van der Waals surface area contributed by atoms with Gasteiger partial charge in [-0.15, -0.1) is 0 Å². The highest BCUT2D eigenvalue weighted by Crippen LogP contribution is 2.46. The smallest absolute Gasteiger partial charge is 0.189 e. The molecule has 0 spiro atoms. The van der Waals surface area contributed by atoms with E-state index in [-0.39, 0.29) is 29.6 Å². The van der Waals surface area contributed by atoms with Gasteiger partial charge in [0.25, 0.3) is 0 Å². The molecule has 1 heterocycles. The van der Waals surface area contributed by atoms with Gasteiger partial charge in [-0.05, 0) is 29.7 Å². The van der Waals surface area contributed by atoms with Gasteiger partial charge in [0.2, 0.25) is 0 Å². The van der Waals surface area contributed by atoms with Crippen molar-refractivity contribution in [1.82, 2.24) is 0 Å². The summed E-state index contributed by atoms with van der Waals surface area (Å²) in [6.07, 6.45) is 2.63. The predicted molar refractivity (Wildman–Crippen MR) is 95.2 cm³/mol. The number of halogens is 1. The summed E-state index contributed by atoms with van der Waals surface area (Å²) in [6, 6.07) is 4.89. The number of carbonyl (C=O) groups is 1. The molecule has 3 atom stereocenters. The van der Waals surface area contributed by atoms with Crippen LogP contribution in [-0.2, 0) is 20.7 Å². The second-order valence-corrected chi connectivity index (χ2v) is 7.90. The minimum Gasteiger partial charge on any atom is -0.497 e. The molecular formula is C19H23FO4S. The van der Waals surface area contributed by atoms with E-state index in [4.69, 9.17) is 14.2 Å². The Kier molecular flexibility index (Phi) is 5.39. The second-order valence-electron chi connectivity index (χ2n) is 6.42. The van der Waals surface area contributed by atoms with Crippen molar-refractivity contribution in [3.05, 3.63) is 41.4 Å². The number of hydrogen-bond acceptors (Lipinski definition) is 5. The number of allylic oxidation sites excluding steroid dienone is 1. The average molecular weight is 366 g/mol. The molecule has 1 fully saturated rings. The lowest BCUT2D eigenvalue weighted by molar-refractivity contribution is -0.117. The summed E-state index contributed by atoms with van der Waals surface area (Å²) in [5.74, 6) is 1.70. The van der Waals surface area contributed by atoms with Gasteiger partial charge in [0.1, 0.15) is 22.9 Å². The van der Waals surface area contributed by atoms with Crippen LogP contribution in [0.5, 0.6) is 5.75 Å². The molecule has 2 aliphatic rings. The van der Waals surface area contributed by atoms with Crippen molar-refractivity contribution in [2.45, 2.75) is 37.5 Å². The Morgan fingerprint density at radius 3 is 2.96 bits per heavy atom. The molecule has 1 aliphatic heterocycles. The van der Waals surface area contributed by atoms with Gasteiger partial charge in [-0.1, -0.05) is 19.9 Å². The Morgan fingerprint density at radius 1 is 1.48 bits per heavy atom. The fraction of sp³-hybridized carbons (Fsp3) is 0.526. The quantitative estimate of drug-likeness (QED) is 0.767. The Labute approximate surface area is 151 Å². The van der Waals surface area contributed by atoms with Crippen LogP contribution in [0, 0.1) is 11.7 Å². The van der Waals surface area contributed by atoms with Crippen LogP contribution in [0.3, 0.4) is 0 Å². The summed E-state index contributed by atoms with van der Waals surface area (Å²) in [5.41, 5.74) is -0.0539. The van der Waals surface area contributed by atoms with Gasteiger partial charge in [0.05, 0.1) is 12.4 Å². The minimum absolute atomic E-state index is 0.0304. The van der Waals surface area contributed by atoms with Crippen LogP contribution in [-0.4, -0.2) is 36.3 Å². The van der Waals surface area contributed by atoms with Crippen LogP contribution < -0.4 is 4.74 Å². The molecule has 1 saturated heterocycles. The number of hydrogen-bond donors (Lipinski definition) is 0. The first-order chi connectivity index (χ1) is 12.0. The lowest BCUT2D eigenvalue weighted by atomic mass is 9.76. The zero-order valence-corrected chi connectivity index (χ0v) is 15.5. The van der Waals surface area contributed by atoms with Gasteiger partial charge in [0, 0.05) is 18.6 Å². The molecule has 1 aliphatic carbocycles. The first kappa shape index (κ1) is 18.3. The minimum atomic E-state index is -0.660. The lowest BCUT2D eigenvalue weighted by Crippen LogP contribution is -2.46. The molecule has 0 bridgehead atoms. The molecule has 3 rings (SSSR count). The first-order valence-corrected chi connectivity index (χ1v) is 9.52. The molecule has 1 aromatic carbocycles. The molecule has 0 saturated carbocycles. The second kappa shape index (κ2) is 7.38. The summed E-state index contributed by atoms with van der Waals surface area (Å²) in [7, 11) is 1.52. The maximum absolute atomic E-state index is 14.3. The van der Waals surface area contributed by atoms with E-state index in [1.54, 1.807) is 30.0 Å². The number of methoxy groups -OCH3 is 1. The average Bonchev–Trinajstić information content (AvgIpc) is 3.01. The van der Waals surface area contributed by atoms with Gasteiger partial charge in [0.15, 0.2) is 12.6 Å². The summed E-state index contributed by atoms with van der Waals surface area (Å²) in [6.45, 7) is 4.19. The zero-order valence-electron chi connectivity index (χ0n) is 14.7. The number of benzene rings is 1. The highest BCUT2D eigenvalue weighted by Gasteiger charge is 2.52. The van der Waals surface area contributed by atoms with E-state index in [9.17, 15) is 9.18 Å². The highest BCUT2D eigenvalue weighted by molar-refractivity contribution is 8.00. The van der Waals surface area contributed by atoms with Crippen molar-refractivity contribution in [3.63, 3.8) is 0 Å². The van der Waals surface area contributed by atoms with E-state index >= 15 is 0 Å². The van der Waals surface area contributed by atoms with Gasteiger partial charge < -0.3 is 14.2 Å². The van der Waals surface area contributed by atoms with Gasteiger partial charge in [-0.3, -0.25) is 4.79 Å². The monoisotopic (exact) mass is 366 g/mol. The lowest BCUT2D eigenvalue weighted by Gasteiger charge is -2.38. The molecule has 6 heteroatoms. The third-order valence-electron chi connectivity index (χ3n) is 4.98. The van der Waals surface area contributed by atoms with Crippen molar-refractivity contribution in [1.29, 1.82) is 0 Å². The Bertz CT molecular complexity index is 690. The predicted octanol–water partition coefficient (Wildman–Crippen LogP) is 3.73. The van der Waals surface area contributed by atoms with E-state index in [0.717, 1.165) is 5.75 Å². The highest BCUT2D eigenvalue weighted by atomic mass is 32.2. The summed E-state index contributed by atoms with van der Waals surface area (Å²) >= 11 is 1.62. The number of ether oxygens (including phenoxy) is 3. The number of carbonyl (C=O) groups excluding carboxylic acids is 1. The fourth-order valence-electron chi connectivity index (χ4n) is 3.56. The largest absolute Gasteiger partial charge is 0.497 e. The molecule has 0 radical (unpaired) electrons. The molecule has 0 aromatic heterocycles. The fourth-order valence-corrected chi connectivity index (χ4v) is 4.56. The van der Waals surface area contributed by atoms with Crippen LogP contribution in [0.1, 0.15) is 25.8 Å². The molecule has 4 nitrogen and oxygen atoms in total. The SMILES string of the molecule is CCS[C@H]1C[C@]2(C(C)Cc3ccc(OC)cc3F)OCOC2=CC1=O. The van der Waals surface area contributed by atoms with Gasteiger partial charge in [-0.2, -0.15) is 11.8 Å². The van der Waals surface area contributed by atoms with E-state index in [1.807, 2.05) is 13.8 Å². The molecular weight excluding hydrogens is 343 g/mol. The van der Waals surface area contributed by atoms with Crippen LogP contribution in [0.15, 0.2) is 30.0 Å². The maximum Gasteiger partial charge on any atom is 0.189 e. The molecule has 1 unspecified atom stereocenters. The molecule has 0 N–H and O–H groups in total. The van der Waals surface area contributed by atoms with Crippen molar-refractivity contribution >= 4 is 17.5 Å². The third kappa shape index (κ3) is 3.42. The standard InChI is InChI=1S/C19H23FO4S/c1-4-25-17-10-19(18(9-16(17)21)23-11-24-19)12(2)7-13-5-6-14(22-3)8-15(13)20/h5-6,8-9,12,17H,4,7,10-11H2,1-3H3/t12?,17-,19+/m0/s1. The topological polar surface area (TPSA) is 44.8 Å². The van der Waals surface area contributed by atoms with Crippen molar-refractivity contribution < 1.29 is 23.4 Å². The molecule has 136 valence electrons. The van der Waals surface area contributed by atoms with Crippen LogP contribution >= 0.6 is 11.8 Å². The Balaban J connectivity index is 1.85. The van der Waals surface area contributed by atoms with Gasteiger partial charge in [-0.25, -0.2) is 4.39 Å². The zero-order chi connectivity index (χ0) is 18.0. The summed E-state index contributed by atoms with van der Waals surface area (Å²) in [5, 5.41) is -0.140.